The molecule has 104 valence electrons. The third-order valence-corrected chi connectivity index (χ3v) is 4.48. The molecule has 2 nitrogen and oxygen atoms in total. The number of fused-ring (bicyclic) bond motifs is 1. The Bertz CT molecular complexity index is 833. The van der Waals surface area contributed by atoms with Crippen LogP contribution in [0.5, 0.6) is 5.75 Å². The van der Waals surface area contributed by atoms with Crippen molar-refractivity contribution in [3.8, 4) is 11.8 Å². The molecule has 0 spiro atoms. The SMILES string of the molecule is N#Cc1sc2ccccc2c1OCc1c(F)cccc1Cl. The van der Waals surface area contributed by atoms with E-state index in [4.69, 9.17) is 16.3 Å². The van der Waals surface area contributed by atoms with Crippen molar-refractivity contribution in [3.63, 3.8) is 0 Å². The van der Waals surface area contributed by atoms with Gasteiger partial charge in [-0.25, -0.2) is 4.39 Å². The smallest absolute Gasteiger partial charge is 0.156 e. The first-order valence-corrected chi connectivity index (χ1v) is 7.37. The molecule has 0 fully saturated rings. The molecule has 0 aliphatic heterocycles. The number of ether oxygens (including phenoxy) is 1. The van der Waals surface area contributed by atoms with E-state index in [1.165, 1.54) is 17.4 Å². The summed E-state index contributed by atoms with van der Waals surface area (Å²) < 4.78 is 20.4. The van der Waals surface area contributed by atoms with E-state index < -0.39 is 5.82 Å². The van der Waals surface area contributed by atoms with Crippen molar-refractivity contribution in [2.45, 2.75) is 6.61 Å². The molecule has 3 rings (SSSR count). The van der Waals surface area contributed by atoms with Crippen LogP contribution in [-0.2, 0) is 6.61 Å². The molecule has 0 aliphatic carbocycles. The summed E-state index contributed by atoms with van der Waals surface area (Å²) in [5.74, 6) is 0.0676. The van der Waals surface area contributed by atoms with Crippen molar-refractivity contribution in [2.75, 3.05) is 0 Å². The van der Waals surface area contributed by atoms with E-state index in [1.54, 1.807) is 12.1 Å². The average Bonchev–Trinajstić information content (AvgIpc) is 2.85. The highest BCUT2D eigenvalue weighted by molar-refractivity contribution is 7.20. The number of hydrogen-bond donors (Lipinski definition) is 0. The van der Waals surface area contributed by atoms with Crippen molar-refractivity contribution in [2.24, 2.45) is 0 Å². The quantitative estimate of drug-likeness (QED) is 0.669. The molecule has 3 aromatic rings. The molecule has 0 N–H and O–H groups in total. The molecule has 0 bridgehead atoms. The minimum absolute atomic E-state index is 0.0130. The number of nitriles is 1. The van der Waals surface area contributed by atoms with Gasteiger partial charge in [-0.05, 0) is 24.3 Å². The van der Waals surface area contributed by atoms with E-state index in [-0.39, 0.29) is 6.61 Å². The Morgan fingerprint density at radius 1 is 1.19 bits per heavy atom. The lowest BCUT2D eigenvalue weighted by atomic mass is 10.2. The second-order valence-corrected chi connectivity index (χ2v) is 5.82. The first-order chi connectivity index (χ1) is 10.2. The molecule has 0 radical (unpaired) electrons. The maximum absolute atomic E-state index is 13.7. The Hall–Kier alpha value is -2.09. The van der Waals surface area contributed by atoms with E-state index in [0.717, 1.165) is 10.1 Å². The predicted octanol–water partition coefficient (Wildman–Crippen LogP) is 5.14. The van der Waals surface area contributed by atoms with E-state index >= 15 is 0 Å². The van der Waals surface area contributed by atoms with E-state index in [2.05, 4.69) is 6.07 Å². The molecular weight excluding hydrogens is 309 g/mol. The molecule has 0 atom stereocenters. The Balaban J connectivity index is 1.97. The molecule has 1 heterocycles. The van der Waals surface area contributed by atoms with Gasteiger partial charge in [0, 0.05) is 15.6 Å². The molecule has 21 heavy (non-hydrogen) atoms. The van der Waals surface area contributed by atoms with Gasteiger partial charge in [-0.3, -0.25) is 0 Å². The number of thiophene rings is 1. The lowest BCUT2D eigenvalue weighted by molar-refractivity contribution is 0.304. The zero-order valence-corrected chi connectivity index (χ0v) is 12.3. The van der Waals surface area contributed by atoms with Crippen molar-refractivity contribution >= 4 is 33.0 Å². The topological polar surface area (TPSA) is 33.0 Å². The maximum atomic E-state index is 13.7. The third-order valence-electron chi connectivity index (χ3n) is 3.07. The van der Waals surface area contributed by atoms with E-state index in [9.17, 15) is 9.65 Å². The summed E-state index contributed by atoms with van der Waals surface area (Å²) in [6, 6.07) is 14.2. The lowest BCUT2D eigenvalue weighted by Gasteiger charge is -2.08. The molecule has 2 aromatic carbocycles. The van der Waals surface area contributed by atoms with Gasteiger partial charge >= 0.3 is 0 Å². The number of benzene rings is 2. The van der Waals surface area contributed by atoms with Crippen LogP contribution >= 0.6 is 22.9 Å². The highest BCUT2D eigenvalue weighted by Gasteiger charge is 2.15. The number of hydrogen-bond acceptors (Lipinski definition) is 3. The summed E-state index contributed by atoms with van der Waals surface area (Å²) >= 11 is 7.33. The Labute approximate surface area is 130 Å². The van der Waals surface area contributed by atoms with Crippen molar-refractivity contribution in [1.82, 2.24) is 0 Å². The molecule has 1 aromatic heterocycles. The summed E-state index contributed by atoms with van der Waals surface area (Å²) in [7, 11) is 0. The molecular formula is C16H9ClFNOS. The zero-order valence-electron chi connectivity index (χ0n) is 10.8. The van der Waals surface area contributed by atoms with Crippen molar-refractivity contribution in [3.05, 3.63) is 63.7 Å². The fraction of sp³-hybridized carbons (Fsp3) is 0.0625. The van der Waals surface area contributed by atoms with Gasteiger partial charge in [-0.15, -0.1) is 11.3 Å². The summed E-state index contributed by atoms with van der Waals surface area (Å²) in [5, 5.41) is 10.4. The van der Waals surface area contributed by atoms with Gasteiger partial charge in [0.1, 0.15) is 23.4 Å². The Morgan fingerprint density at radius 2 is 2.00 bits per heavy atom. The predicted molar refractivity (Wildman–Crippen MR) is 82.3 cm³/mol. The normalized spacial score (nSPS) is 10.5. The number of halogens is 2. The Morgan fingerprint density at radius 3 is 2.76 bits per heavy atom. The number of nitrogens with zero attached hydrogens (tertiary/aromatic N) is 1. The van der Waals surface area contributed by atoms with Gasteiger partial charge in [-0.2, -0.15) is 5.26 Å². The van der Waals surface area contributed by atoms with Crippen LogP contribution in [0, 0.1) is 17.1 Å². The Kier molecular flexibility index (Phi) is 3.78. The monoisotopic (exact) mass is 317 g/mol. The average molecular weight is 318 g/mol. The molecule has 5 heteroatoms. The number of rotatable bonds is 3. The standard InChI is InChI=1S/C16H9ClFNOS/c17-12-5-3-6-13(18)11(12)9-20-16-10-4-1-2-7-14(10)21-15(16)8-19/h1-7H,9H2. The van der Waals surface area contributed by atoms with Crippen molar-refractivity contribution in [1.29, 1.82) is 5.26 Å². The molecule has 0 amide bonds. The van der Waals surface area contributed by atoms with Crippen LogP contribution in [0.1, 0.15) is 10.4 Å². The first kappa shape index (κ1) is 13.9. The maximum Gasteiger partial charge on any atom is 0.156 e. The van der Waals surface area contributed by atoms with Gasteiger partial charge in [-0.1, -0.05) is 29.8 Å². The highest BCUT2D eigenvalue weighted by atomic mass is 35.5. The fourth-order valence-electron chi connectivity index (χ4n) is 2.05. The summed E-state index contributed by atoms with van der Waals surface area (Å²) in [6.45, 7) is -0.0130. The van der Waals surface area contributed by atoms with E-state index in [1.807, 2.05) is 24.3 Å². The minimum atomic E-state index is -0.416. The zero-order chi connectivity index (χ0) is 14.8. The molecule has 0 aliphatic rings. The van der Waals surface area contributed by atoms with Crippen molar-refractivity contribution < 1.29 is 9.13 Å². The van der Waals surface area contributed by atoms with Crippen LogP contribution in [0.2, 0.25) is 5.02 Å². The van der Waals surface area contributed by atoms with Gasteiger partial charge < -0.3 is 4.74 Å². The lowest BCUT2D eigenvalue weighted by Crippen LogP contribution is -2.00. The summed E-state index contributed by atoms with van der Waals surface area (Å²) in [4.78, 5) is 0.476. The van der Waals surface area contributed by atoms with Crippen LogP contribution in [0.15, 0.2) is 42.5 Å². The van der Waals surface area contributed by atoms with Gasteiger partial charge in [0.25, 0.3) is 0 Å². The summed E-state index contributed by atoms with van der Waals surface area (Å²) in [6.07, 6.45) is 0. The molecule has 0 unspecified atom stereocenters. The van der Waals surface area contributed by atoms with Crippen LogP contribution in [0.3, 0.4) is 0 Å². The van der Waals surface area contributed by atoms with Gasteiger partial charge in [0.05, 0.1) is 5.02 Å². The second kappa shape index (κ2) is 5.72. The van der Waals surface area contributed by atoms with Crippen LogP contribution in [0.4, 0.5) is 4.39 Å². The van der Waals surface area contributed by atoms with E-state index in [0.29, 0.717) is 21.2 Å². The van der Waals surface area contributed by atoms with Crippen LogP contribution in [0.25, 0.3) is 10.1 Å². The largest absolute Gasteiger partial charge is 0.486 e. The fourth-order valence-corrected chi connectivity index (χ4v) is 3.22. The highest BCUT2D eigenvalue weighted by Crippen LogP contribution is 2.37. The first-order valence-electron chi connectivity index (χ1n) is 6.18. The molecule has 0 saturated heterocycles. The van der Waals surface area contributed by atoms with Gasteiger partial charge in [0.2, 0.25) is 0 Å². The van der Waals surface area contributed by atoms with Crippen LogP contribution < -0.4 is 4.74 Å². The van der Waals surface area contributed by atoms with Gasteiger partial charge in [0.15, 0.2) is 5.75 Å². The van der Waals surface area contributed by atoms with Crippen LogP contribution in [-0.4, -0.2) is 0 Å². The third kappa shape index (κ3) is 2.58. The minimum Gasteiger partial charge on any atom is -0.486 e. The molecule has 0 saturated carbocycles. The second-order valence-electron chi connectivity index (χ2n) is 4.36. The summed E-state index contributed by atoms with van der Waals surface area (Å²) in [5.41, 5.74) is 0.290.